The molecule has 1 N–H and O–H groups in total. The Balaban J connectivity index is 3.08. The second-order valence-electron chi connectivity index (χ2n) is 5.93. The number of hydrogen-bond donors (Lipinski definition) is 1. The molecule has 0 bridgehead atoms. The highest BCUT2D eigenvalue weighted by Gasteiger charge is 2.39. The summed E-state index contributed by atoms with van der Waals surface area (Å²) in [6, 6.07) is 0. The standard InChI is InChI=1S/C13H24O2/c1-7-10-9(12(2,3)4)8-11(14)13(5,6)15-10/h11,14H,7-8H2,1-6H3. The first kappa shape index (κ1) is 12.6. The maximum Gasteiger partial charge on any atom is 0.129 e. The zero-order chi connectivity index (χ0) is 11.9. The van der Waals surface area contributed by atoms with Gasteiger partial charge in [0.1, 0.15) is 5.60 Å². The van der Waals surface area contributed by atoms with Crippen LogP contribution in [-0.4, -0.2) is 16.8 Å². The molecule has 0 aromatic rings. The van der Waals surface area contributed by atoms with E-state index in [1.807, 2.05) is 13.8 Å². The highest BCUT2D eigenvalue weighted by atomic mass is 16.5. The summed E-state index contributed by atoms with van der Waals surface area (Å²) < 4.78 is 5.90. The third-order valence-electron chi connectivity index (χ3n) is 3.15. The van der Waals surface area contributed by atoms with Crippen molar-refractivity contribution >= 4 is 0 Å². The van der Waals surface area contributed by atoms with Gasteiger partial charge in [-0.1, -0.05) is 27.7 Å². The van der Waals surface area contributed by atoms with Gasteiger partial charge in [0, 0.05) is 12.8 Å². The Morgan fingerprint density at radius 3 is 2.33 bits per heavy atom. The van der Waals surface area contributed by atoms with Gasteiger partial charge in [-0.3, -0.25) is 0 Å². The molecule has 88 valence electrons. The molecule has 0 saturated carbocycles. The van der Waals surface area contributed by atoms with Crippen molar-refractivity contribution < 1.29 is 9.84 Å². The molecule has 2 nitrogen and oxygen atoms in total. The molecule has 15 heavy (non-hydrogen) atoms. The van der Waals surface area contributed by atoms with Gasteiger partial charge in [0.05, 0.1) is 11.9 Å². The molecule has 1 aliphatic heterocycles. The maximum atomic E-state index is 10.0. The molecular formula is C13H24O2. The summed E-state index contributed by atoms with van der Waals surface area (Å²) in [5.74, 6) is 1.07. The molecule has 1 atom stereocenters. The summed E-state index contributed by atoms with van der Waals surface area (Å²) in [6.45, 7) is 12.5. The van der Waals surface area contributed by atoms with Crippen LogP contribution < -0.4 is 0 Å². The van der Waals surface area contributed by atoms with E-state index in [2.05, 4.69) is 27.7 Å². The normalized spacial score (nSPS) is 26.5. The number of allylic oxidation sites excluding steroid dienone is 1. The van der Waals surface area contributed by atoms with E-state index in [9.17, 15) is 5.11 Å². The zero-order valence-electron chi connectivity index (χ0n) is 10.8. The van der Waals surface area contributed by atoms with Crippen LogP contribution in [0.15, 0.2) is 11.3 Å². The van der Waals surface area contributed by atoms with E-state index in [4.69, 9.17) is 4.74 Å². The SMILES string of the molecule is CCC1=C(C(C)(C)C)CC(O)C(C)(C)O1. The molecule has 1 rings (SSSR count). The Morgan fingerprint density at radius 2 is 1.93 bits per heavy atom. The van der Waals surface area contributed by atoms with Gasteiger partial charge in [-0.25, -0.2) is 0 Å². The van der Waals surface area contributed by atoms with E-state index in [0.717, 1.165) is 18.6 Å². The maximum absolute atomic E-state index is 10.0. The van der Waals surface area contributed by atoms with Crippen LogP contribution in [0, 0.1) is 5.41 Å². The fraction of sp³-hybridized carbons (Fsp3) is 0.846. The van der Waals surface area contributed by atoms with Crippen molar-refractivity contribution in [2.75, 3.05) is 0 Å². The Kier molecular flexibility index (Phi) is 3.20. The van der Waals surface area contributed by atoms with Crippen LogP contribution in [0.3, 0.4) is 0 Å². The van der Waals surface area contributed by atoms with Crippen molar-refractivity contribution in [3.8, 4) is 0 Å². The summed E-state index contributed by atoms with van der Waals surface area (Å²) in [5.41, 5.74) is 0.903. The first-order valence-corrected chi connectivity index (χ1v) is 5.78. The van der Waals surface area contributed by atoms with Gasteiger partial charge in [0.2, 0.25) is 0 Å². The molecule has 0 aliphatic carbocycles. The molecule has 1 unspecified atom stereocenters. The van der Waals surface area contributed by atoms with Gasteiger partial charge in [0.25, 0.3) is 0 Å². The smallest absolute Gasteiger partial charge is 0.129 e. The summed E-state index contributed by atoms with van der Waals surface area (Å²) in [5, 5.41) is 10.0. The zero-order valence-corrected chi connectivity index (χ0v) is 10.8. The minimum absolute atomic E-state index is 0.0861. The van der Waals surface area contributed by atoms with E-state index in [1.54, 1.807) is 0 Å². The van der Waals surface area contributed by atoms with E-state index in [1.165, 1.54) is 5.57 Å². The Labute approximate surface area is 93.3 Å². The lowest BCUT2D eigenvalue weighted by Gasteiger charge is -2.41. The highest BCUT2D eigenvalue weighted by Crippen LogP contribution is 2.41. The minimum Gasteiger partial charge on any atom is -0.490 e. The van der Waals surface area contributed by atoms with Crippen molar-refractivity contribution in [3.63, 3.8) is 0 Å². The van der Waals surface area contributed by atoms with Crippen LogP contribution in [0.4, 0.5) is 0 Å². The van der Waals surface area contributed by atoms with Gasteiger partial charge in [0.15, 0.2) is 0 Å². The number of aliphatic hydroxyl groups excluding tert-OH is 1. The van der Waals surface area contributed by atoms with Crippen LogP contribution >= 0.6 is 0 Å². The number of ether oxygens (including phenoxy) is 1. The lowest BCUT2D eigenvalue weighted by Crippen LogP contribution is -2.43. The fourth-order valence-corrected chi connectivity index (χ4v) is 2.01. The van der Waals surface area contributed by atoms with E-state index < -0.39 is 11.7 Å². The molecule has 0 spiro atoms. The topological polar surface area (TPSA) is 29.5 Å². The number of rotatable bonds is 1. The second-order valence-corrected chi connectivity index (χ2v) is 5.93. The van der Waals surface area contributed by atoms with E-state index in [0.29, 0.717) is 0 Å². The fourth-order valence-electron chi connectivity index (χ4n) is 2.01. The van der Waals surface area contributed by atoms with Crippen LogP contribution in [0.5, 0.6) is 0 Å². The van der Waals surface area contributed by atoms with Crippen molar-refractivity contribution in [1.29, 1.82) is 0 Å². The van der Waals surface area contributed by atoms with E-state index >= 15 is 0 Å². The molecule has 0 radical (unpaired) electrons. The van der Waals surface area contributed by atoms with Gasteiger partial charge < -0.3 is 9.84 Å². The predicted octanol–water partition coefficient (Wildman–Crippen LogP) is 3.26. The van der Waals surface area contributed by atoms with E-state index in [-0.39, 0.29) is 5.41 Å². The van der Waals surface area contributed by atoms with Crippen LogP contribution in [-0.2, 0) is 4.74 Å². The monoisotopic (exact) mass is 212 g/mol. The van der Waals surface area contributed by atoms with Crippen molar-refractivity contribution in [3.05, 3.63) is 11.3 Å². The average Bonchev–Trinajstić information content (AvgIpc) is 2.07. The van der Waals surface area contributed by atoms with Gasteiger partial charge >= 0.3 is 0 Å². The molecule has 0 aromatic heterocycles. The van der Waals surface area contributed by atoms with Crippen LogP contribution in [0.25, 0.3) is 0 Å². The Bertz CT molecular complexity index is 269. The average molecular weight is 212 g/mol. The highest BCUT2D eigenvalue weighted by molar-refractivity contribution is 5.21. The molecule has 0 saturated heterocycles. The lowest BCUT2D eigenvalue weighted by atomic mass is 9.78. The third kappa shape index (κ3) is 2.54. The quantitative estimate of drug-likeness (QED) is 0.723. The first-order chi connectivity index (χ1) is 6.68. The molecular weight excluding hydrogens is 188 g/mol. The molecule has 0 amide bonds. The number of hydrogen-bond acceptors (Lipinski definition) is 2. The van der Waals surface area contributed by atoms with Gasteiger partial charge in [-0.05, 0) is 24.8 Å². The summed E-state index contributed by atoms with van der Waals surface area (Å²) in [7, 11) is 0. The minimum atomic E-state index is -0.444. The van der Waals surface area contributed by atoms with Crippen LogP contribution in [0.1, 0.15) is 54.4 Å². The van der Waals surface area contributed by atoms with Crippen molar-refractivity contribution in [2.24, 2.45) is 5.41 Å². The molecule has 1 heterocycles. The molecule has 0 fully saturated rings. The number of aliphatic hydroxyl groups is 1. The van der Waals surface area contributed by atoms with Crippen molar-refractivity contribution in [1.82, 2.24) is 0 Å². The van der Waals surface area contributed by atoms with Gasteiger partial charge in [-0.2, -0.15) is 0 Å². The predicted molar refractivity (Wildman–Crippen MR) is 62.6 cm³/mol. The lowest BCUT2D eigenvalue weighted by molar-refractivity contribution is -0.0894. The Hall–Kier alpha value is -0.500. The summed E-state index contributed by atoms with van der Waals surface area (Å²) >= 11 is 0. The third-order valence-corrected chi connectivity index (χ3v) is 3.15. The van der Waals surface area contributed by atoms with Crippen molar-refractivity contribution in [2.45, 2.75) is 66.1 Å². The molecule has 2 heteroatoms. The molecule has 0 aromatic carbocycles. The first-order valence-electron chi connectivity index (χ1n) is 5.78. The molecule has 1 aliphatic rings. The van der Waals surface area contributed by atoms with Gasteiger partial charge in [-0.15, -0.1) is 0 Å². The Morgan fingerprint density at radius 1 is 1.40 bits per heavy atom. The largest absolute Gasteiger partial charge is 0.490 e. The van der Waals surface area contributed by atoms with Crippen LogP contribution in [0.2, 0.25) is 0 Å². The second kappa shape index (κ2) is 3.82. The summed E-state index contributed by atoms with van der Waals surface area (Å²) in [6.07, 6.45) is 1.24. The summed E-state index contributed by atoms with van der Waals surface area (Å²) in [4.78, 5) is 0.